The van der Waals surface area contributed by atoms with Crippen molar-refractivity contribution in [3.05, 3.63) is 52.2 Å². The maximum absolute atomic E-state index is 13.0. The van der Waals surface area contributed by atoms with Crippen molar-refractivity contribution in [1.29, 1.82) is 0 Å². The number of carbonyl (C=O) groups excluding carboxylic acids is 1. The lowest BCUT2D eigenvalue weighted by atomic mass is 9.88. The van der Waals surface area contributed by atoms with Crippen molar-refractivity contribution in [2.24, 2.45) is 0 Å². The van der Waals surface area contributed by atoms with Gasteiger partial charge < -0.3 is 15.0 Å². The summed E-state index contributed by atoms with van der Waals surface area (Å²) in [5.41, 5.74) is 2.78. The molecule has 1 N–H and O–H groups in total. The summed E-state index contributed by atoms with van der Waals surface area (Å²) >= 11 is 1.69. The lowest BCUT2D eigenvalue weighted by Gasteiger charge is -2.41. The standard InChI is InChI=1S/C20H24N2O2S/c1-14-11-20(2,3)22(18-8-7-15(24-4)10-17(14)18)19(23)13-21-12-16-6-5-9-25-16/h5-11,21H,12-13H2,1-4H3. The number of hydrogen-bond acceptors (Lipinski definition) is 4. The summed E-state index contributed by atoms with van der Waals surface area (Å²) in [7, 11) is 1.66. The lowest BCUT2D eigenvalue weighted by molar-refractivity contribution is -0.118. The highest BCUT2D eigenvalue weighted by Crippen LogP contribution is 2.40. The minimum atomic E-state index is -0.368. The number of carbonyl (C=O) groups is 1. The van der Waals surface area contributed by atoms with Crippen molar-refractivity contribution in [3.8, 4) is 5.75 Å². The number of anilines is 1. The molecule has 0 aliphatic carbocycles. The van der Waals surface area contributed by atoms with Crippen molar-refractivity contribution in [1.82, 2.24) is 5.32 Å². The molecule has 2 heterocycles. The number of allylic oxidation sites excluding steroid dienone is 1. The van der Waals surface area contributed by atoms with Crippen molar-refractivity contribution in [2.75, 3.05) is 18.6 Å². The van der Waals surface area contributed by atoms with Gasteiger partial charge in [-0.1, -0.05) is 12.1 Å². The first-order valence-corrected chi connectivity index (χ1v) is 9.24. The molecular formula is C20H24N2O2S. The lowest BCUT2D eigenvalue weighted by Crippen LogP contribution is -2.51. The summed E-state index contributed by atoms with van der Waals surface area (Å²) < 4.78 is 5.34. The fraction of sp³-hybridized carbons (Fsp3) is 0.350. The summed E-state index contributed by atoms with van der Waals surface area (Å²) in [5.74, 6) is 0.867. The van der Waals surface area contributed by atoms with Crippen LogP contribution in [0.3, 0.4) is 0 Å². The van der Waals surface area contributed by atoms with E-state index in [2.05, 4.69) is 38.2 Å². The van der Waals surface area contributed by atoms with Gasteiger partial charge in [0.25, 0.3) is 0 Å². The summed E-state index contributed by atoms with van der Waals surface area (Å²) in [6, 6.07) is 9.97. The number of ether oxygens (including phenoxy) is 1. The monoisotopic (exact) mass is 356 g/mol. The van der Waals surface area contributed by atoms with E-state index in [1.807, 2.05) is 34.5 Å². The van der Waals surface area contributed by atoms with E-state index in [1.165, 1.54) is 4.88 Å². The number of amides is 1. The zero-order valence-corrected chi connectivity index (χ0v) is 15.9. The smallest absolute Gasteiger partial charge is 0.241 e. The van der Waals surface area contributed by atoms with Gasteiger partial charge in [0, 0.05) is 17.0 Å². The topological polar surface area (TPSA) is 41.6 Å². The maximum Gasteiger partial charge on any atom is 0.241 e. The minimum Gasteiger partial charge on any atom is -0.497 e. The van der Waals surface area contributed by atoms with Gasteiger partial charge in [-0.05, 0) is 56.0 Å². The third kappa shape index (κ3) is 3.62. The van der Waals surface area contributed by atoms with Crippen molar-refractivity contribution < 1.29 is 9.53 Å². The molecule has 0 atom stereocenters. The second-order valence-corrected chi connectivity index (χ2v) is 7.81. The van der Waals surface area contributed by atoms with E-state index in [-0.39, 0.29) is 11.4 Å². The van der Waals surface area contributed by atoms with Crippen LogP contribution >= 0.6 is 11.3 Å². The highest BCUT2D eigenvalue weighted by Gasteiger charge is 2.35. The first-order chi connectivity index (χ1) is 11.9. The van der Waals surface area contributed by atoms with Crippen LogP contribution in [0.25, 0.3) is 5.57 Å². The van der Waals surface area contributed by atoms with Crippen molar-refractivity contribution in [3.63, 3.8) is 0 Å². The Bertz CT molecular complexity index is 794. The molecule has 1 aliphatic heterocycles. The third-order valence-corrected chi connectivity index (χ3v) is 5.30. The Morgan fingerprint density at radius 3 is 2.80 bits per heavy atom. The van der Waals surface area contributed by atoms with Gasteiger partial charge in [-0.15, -0.1) is 11.3 Å². The molecular weight excluding hydrogens is 332 g/mol. The number of benzene rings is 1. The number of fused-ring (bicyclic) bond motifs is 1. The van der Waals surface area contributed by atoms with Crippen LogP contribution in [0.4, 0.5) is 5.69 Å². The van der Waals surface area contributed by atoms with Crippen molar-refractivity contribution >= 4 is 28.5 Å². The van der Waals surface area contributed by atoms with Gasteiger partial charge in [-0.2, -0.15) is 0 Å². The molecule has 0 radical (unpaired) electrons. The molecule has 1 aromatic carbocycles. The van der Waals surface area contributed by atoms with Gasteiger partial charge in [0.05, 0.1) is 24.9 Å². The molecule has 1 amide bonds. The second kappa shape index (κ2) is 7.02. The normalized spacial score (nSPS) is 15.5. The maximum atomic E-state index is 13.0. The summed E-state index contributed by atoms with van der Waals surface area (Å²) in [5, 5.41) is 5.31. The number of thiophene rings is 1. The van der Waals surface area contributed by atoms with E-state index >= 15 is 0 Å². The molecule has 1 aromatic heterocycles. The van der Waals surface area contributed by atoms with Crippen LogP contribution in [0.2, 0.25) is 0 Å². The summed E-state index contributed by atoms with van der Waals surface area (Å²) in [4.78, 5) is 16.1. The summed E-state index contributed by atoms with van der Waals surface area (Å²) in [6.07, 6.45) is 2.14. The zero-order chi connectivity index (χ0) is 18.0. The van der Waals surface area contributed by atoms with Gasteiger partial charge in [0.1, 0.15) is 5.75 Å². The average molecular weight is 356 g/mol. The van der Waals surface area contributed by atoms with E-state index < -0.39 is 0 Å². The van der Waals surface area contributed by atoms with Gasteiger partial charge in [-0.25, -0.2) is 0 Å². The van der Waals surface area contributed by atoms with E-state index in [4.69, 9.17) is 4.74 Å². The van der Waals surface area contributed by atoms with Gasteiger partial charge in [0.2, 0.25) is 5.91 Å². The molecule has 0 spiro atoms. The predicted octanol–water partition coefficient (Wildman–Crippen LogP) is 4.08. The Morgan fingerprint density at radius 1 is 1.32 bits per heavy atom. The molecule has 0 saturated heterocycles. The largest absolute Gasteiger partial charge is 0.497 e. The molecule has 0 unspecified atom stereocenters. The van der Waals surface area contributed by atoms with Crippen LogP contribution in [-0.2, 0) is 11.3 Å². The molecule has 3 rings (SSSR count). The van der Waals surface area contributed by atoms with Gasteiger partial charge in [0.15, 0.2) is 0 Å². The quantitative estimate of drug-likeness (QED) is 0.878. The highest BCUT2D eigenvalue weighted by atomic mass is 32.1. The van der Waals surface area contributed by atoms with E-state index in [1.54, 1.807) is 18.4 Å². The van der Waals surface area contributed by atoms with Gasteiger partial charge in [-0.3, -0.25) is 4.79 Å². The average Bonchev–Trinajstić information content (AvgIpc) is 3.07. The van der Waals surface area contributed by atoms with Crippen LogP contribution < -0.4 is 15.0 Å². The first-order valence-electron chi connectivity index (χ1n) is 8.36. The Labute approximate surface area is 153 Å². The molecule has 0 saturated carbocycles. The van der Waals surface area contributed by atoms with Crippen molar-refractivity contribution in [2.45, 2.75) is 32.9 Å². The Hall–Kier alpha value is -2.11. The fourth-order valence-corrected chi connectivity index (χ4v) is 4.05. The molecule has 132 valence electrons. The molecule has 25 heavy (non-hydrogen) atoms. The zero-order valence-electron chi connectivity index (χ0n) is 15.1. The van der Waals surface area contributed by atoms with Crippen LogP contribution in [0.5, 0.6) is 5.75 Å². The van der Waals surface area contributed by atoms with Crippen LogP contribution in [0.1, 0.15) is 31.2 Å². The molecule has 0 bridgehead atoms. The summed E-state index contributed by atoms with van der Waals surface area (Å²) in [6.45, 7) is 7.24. The minimum absolute atomic E-state index is 0.0664. The SMILES string of the molecule is COc1ccc2c(c1)C(C)=CC(C)(C)N2C(=O)CNCc1cccs1. The predicted molar refractivity (Wildman–Crippen MR) is 104 cm³/mol. The number of nitrogens with one attached hydrogen (secondary N) is 1. The number of nitrogens with zero attached hydrogens (tertiary/aromatic N) is 1. The van der Waals surface area contributed by atoms with Crippen LogP contribution in [0.15, 0.2) is 41.8 Å². The second-order valence-electron chi connectivity index (χ2n) is 6.78. The molecule has 5 heteroatoms. The first kappa shape index (κ1) is 17.7. The molecule has 0 fully saturated rings. The van der Waals surface area contributed by atoms with E-state index in [0.717, 1.165) is 22.6 Å². The molecule has 1 aliphatic rings. The molecule has 2 aromatic rings. The van der Waals surface area contributed by atoms with E-state index in [9.17, 15) is 4.79 Å². The van der Waals surface area contributed by atoms with E-state index in [0.29, 0.717) is 13.1 Å². The Kier molecular flexibility index (Phi) is 4.97. The Balaban J connectivity index is 1.82. The number of hydrogen-bond donors (Lipinski definition) is 1. The number of methoxy groups -OCH3 is 1. The fourth-order valence-electron chi connectivity index (χ4n) is 3.38. The Morgan fingerprint density at radius 2 is 2.12 bits per heavy atom. The van der Waals surface area contributed by atoms with Gasteiger partial charge >= 0.3 is 0 Å². The third-order valence-electron chi connectivity index (χ3n) is 4.42. The highest BCUT2D eigenvalue weighted by molar-refractivity contribution is 7.09. The number of rotatable bonds is 5. The molecule has 4 nitrogen and oxygen atoms in total. The van der Waals surface area contributed by atoms with Crippen LogP contribution in [0, 0.1) is 0 Å². The van der Waals surface area contributed by atoms with Crippen LogP contribution in [-0.4, -0.2) is 25.1 Å².